The molecular formula is C28H31ClN4O4S. The number of hydrogen-bond donors (Lipinski definition) is 1. The van der Waals surface area contributed by atoms with Crippen molar-refractivity contribution in [2.75, 3.05) is 6.54 Å². The standard InChI is InChI=1S/C28H31ClN4O4S/c1-19(2)15-26(27(30)34)33(38(36,37)24-9-7-22(29)8-10-24)17-20-6-11-25-21(16-20)12-14-32(28(25)35)18-23-5-3-4-13-31-23/h3-11,13,16,19,26H,12,14-15,17-18H2,1-2H3,(H2,30,34)/t26-/m1/s1. The topological polar surface area (TPSA) is 114 Å². The molecule has 0 unspecified atom stereocenters. The summed E-state index contributed by atoms with van der Waals surface area (Å²) >= 11 is 5.97. The summed E-state index contributed by atoms with van der Waals surface area (Å²) in [6.45, 7) is 4.69. The molecule has 0 bridgehead atoms. The van der Waals surface area contributed by atoms with Gasteiger partial charge in [0.1, 0.15) is 6.04 Å². The maximum Gasteiger partial charge on any atom is 0.254 e. The van der Waals surface area contributed by atoms with Crippen LogP contribution < -0.4 is 5.73 Å². The van der Waals surface area contributed by atoms with Gasteiger partial charge in [-0.05, 0) is 72.4 Å². The molecular weight excluding hydrogens is 524 g/mol. The van der Waals surface area contributed by atoms with Crippen LogP contribution in [0.4, 0.5) is 0 Å². The number of carbonyl (C=O) groups excluding carboxylic acids is 2. The van der Waals surface area contributed by atoms with Crippen molar-refractivity contribution in [1.82, 2.24) is 14.2 Å². The Morgan fingerprint density at radius 1 is 1.13 bits per heavy atom. The number of carbonyl (C=O) groups is 2. The summed E-state index contributed by atoms with van der Waals surface area (Å²) in [7, 11) is -4.09. The molecule has 0 saturated heterocycles. The molecule has 0 radical (unpaired) electrons. The monoisotopic (exact) mass is 554 g/mol. The van der Waals surface area contributed by atoms with Crippen molar-refractivity contribution in [3.05, 3.63) is 94.3 Å². The summed E-state index contributed by atoms with van der Waals surface area (Å²) in [6, 6.07) is 15.7. The fourth-order valence-corrected chi connectivity index (χ4v) is 6.35. The van der Waals surface area contributed by atoms with Gasteiger partial charge < -0.3 is 10.6 Å². The van der Waals surface area contributed by atoms with Crippen LogP contribution in [0.1, 0.15) is 47.4 Å². The second-order valence-corrected chi connectivity index (χ2v) is 12.2. The van der Waals surface area contributed by atoms with Gasteiger partial charge >= 0.3 is 0 Å². The van der Waals surface area contributed by atoms with Crippen molar-refractivity contribution in [2.24, 2.45) is 11.7 Å². The molecule has 0 aliphatic carbocycles. The number of sulfonamides is 1. The lowest BCUT2D eigenvalue weighted by Crippen LogP contribution is -2.48. The Kier molecular flexibility index (Phi) is 8.50. The molecule has 0 saturated carbocycles. The Hall–Kier alpha value is -3.27. The van der Waals surface area contributed by atoms with Gasteiger partial charge in [0.2, 0.25) is 15.9 Å². The first-order chi connectivity index (χ1) is 18.1. The summed E-state index contributed by atoms with van der Waals surface area (Å²) in [5.41, 5.74) is 8.63. The maximum absolute atomic E-state index is 13.7. The van der Waals surface area contributed by atoms with Crippen LogP contribution in [0.5, 0.6) is 0 Å². The van der Waals surface area contributed by atoms with Crippen LogP contribution in [0.15, 0.2) is 71.8 Å². The predicted octanol–water partition coefficient (Wildman–Crippen LogP) is 4.02. The Bertz CT molecular complexity index is 1410. The van der Waals surface area contributed by atoms with Gasteiger partial charge in [-0.25, -0.2) is 8.42 Å². The van der Waals surface area contributed by atoms with Crippen molar-refractivity contribution >= 4 is 33.4 Å². The number of primary amides is 1. The summed E-state index contributed by atoms with van der Waals surface area (Å²) in [4.78, 5) is 31.8. The van der Waals surface area contributed by atoms with Gasteiger partial charge in [-0.2, -0.15) is 4.31 Å². The molecule has 0 fully saturated rings. The largest absolute Gasteiger partial charge is 0.368 e. The zero-order valence-corrected chi connectivity index (χ0v) is 23.0. The zero-order valence-electron chi connectivity index (χ0n) is 21.4. The molecule has 200 valence electrons. The van der Waals surface area contributed by atoms with Gasteiger partial charge in [0.25, 0.3) is 5.91 Å². The molecule has 10 heteroatoms. The lowest BCUT2D eigenvalue weighted by Gasteiger charge is -2.31. The number of hydrogen-bond acceptors (Lipinski definition) is 5. The van der Waals surface area contributed by atoms with E-state index in [9.17, 15) is 18.0 Å². The number of halogens is 1. The fraction of sp³-hybridized carbons (Fsp3) is 0.321. The Balaban J connectivity index is 1.64. The molecule has 2 heterocycles. The molecule has 0 spiro atoms. The summed E-state index contributed by atoms with van der Waals surface area (Å²) in [6.07, 6.45) is 2.59. The smallest absolute Gasteiger partial charge is 0.254 e. The first kappa shape index (κ1) is 27.8. The van der Waals surface area contributed by atoms with E-state index >= 15 is 0 Å². The average molecular weight is 555 g/mol. The van der Waals surface area contributed by atoms with E-state index in [1.807, 2.05) is 38.1 Å². The number of aromatic nitrogens is 1. The molecule has 1 aromatic heterocycles. The van der Waals surface area contributed by atoms with E-state index < -0.39 is 22.0 Å². The van der Waals surface area contributed by atoms with Crippen molar-refractivity contribution in [3.8, 4) is 0 Å². The normalized spacial score (nSPS) is 14.6. The van der Waals surface area contributed by atoms with Gasteiger partial charge in [-0.15, -0.1) is 0 Å². The quantitative estimate of drug-likeness (QED) is 0.406. The van der Waals surface area contributed by atoms with Crippen molar-refractivity contribution in [2.45, 2.75) is 50.7 Å². The van der Waals surface area contributed by atoms with Crippen molar-refractivity contribution in [3.63, 3.8) is 0 Å². The van der Waals surface area contributed by atoms with Crippen molar-refractivity contribution in [1.29, 1.82) is 0 Å². The lowest BCUT2D eigenvalue weighted by molar-refractivity contribution is -0.122. The third-order valence-electron chi connectivity index (χ3n) is 6.55. The van der Waals surface area contributed by atoms with Crippen LogP contribution in [-0.4, -0.2) is 47.0 Å². The highest BCUT2D eigenvalue weighted by atomic mass is 35.5. The molecule has 3 aromatic rings. The van der Waals surface area contributed by atoms with Gasteiger partial charge in [0.05, 0.1) is 17.1 Å². The Labute approximate surface area is 228 Å². The molecule has 38 heavy (non-hydrogen) atoms. The van der Waals surface area contributed by atoms with Crippen LogP contribution in [0.3, 0.4) is 0 Å². The Morgan fingerprint density at radius 3 is 2.50 bits per heavy atom. The van der Waals surface area contributed by atoms with Gasteiger partial charge in [-0.1, -0.05) is 43.6 Å². The fourth-order valence-electron chi connectivity index (χ4n) is 4.63. The van der Waals surface area contributed by atoms with E-state index in [2.05, 4.69) is 4.98 Å². The highest BCUT2D eigenvalue weighted by molar-refractivity contribution is 7.89. The predicted molar refractivity (Wildman–Crippen MR) is 146 cm³/mol. The van der Waals surface area contributed by atoms with E-state index in [-0.39, 0.29) is 29.7 Å². The summed E-state index contributed by atoms with van der Waals surface area (Å²) in [5, 5.41) is 0.403. The minimum absolute atomic E-state index is 0.0233. The number of amides is 2. The SMILES string of the molecule is CC(C)C[C@H](C(N)=O)N(Cc1ccc2c(c1)CCN(Cc1ccccn1)C2=O)S(=O)(=O)c1ccc(Cl)cc1. The second kappa shape index (κ2) is 11.6. The lowest BCUT2D eigenvalue weighted by atomic mass is 9.96. The number of nitrogens with two attached hydrogens (primary N) is 1. The minimum Gasteiger partial charge on any atom is -0.368 e. The van der Waals surface area contributed by atoms with E-state index in [1.165, 1.54) is 28.6 Å². The number of rotatable bonds is 10. The summed E-state index contributed by atoms with van der Waals surface area (Å²) in [5.74, 6) is -0.778. The molecule has 2 aromatic carbocycles. The van der Waals surface area contributed by atoms with Gasteiger partial charge in [0.15, 0.2) is 0 Å². The minimum atomic E-state index is -4.09. The molecule has 2 amide bonds. The number of benzene rings is 2. The highest BCUT2D eigenvalue weighted by Gasteiger charge is 2.36. The molecule has 1 aliphatic rings. The molecule has 1 atom stereocenters. The molecule has 4 rings (SSSR count). The number of pyridine rings is 1. The molecule has 2 N–H and O–H groups in total. The van der Waals surface area contributed by atoms with Crippen LogP contribution in [0.2, 0.25) is 5.02 Å². The number of fused-ring (bicyclic) bond motifs is 1. The maximum atomic E-state index is 13.7. The zero-order chi connectivity index (χ0) is 27.4. The van der Waals surface area contributed by atoms with E-state index in [0.717, 1.165) is 11.3 Å². The van der Waals surface area contributed by atoms with E-state index in [1.54, 1.807) is 23.2 Å². The Morgan fingerprint density at radius 2 is 1.87 bits per heavy atom. The van der Waals surface area contributed by atoms with Crippen LogP contribution >= 0.6 is 11.6 Å². The third kappa shape index (κ3) is 6.23. The number of nitrogens with zero attached hydrogens (tertiary/aromatic N) is 3. The second-order valence-electron chi connectivity index (χ2n) is 9.84. The van der Waals surface area contributed by atoms with Gasteiger partial charge in [0, 0.05) is 29.9 Å². The van der Waals surface area contributed by atoms with Crippen LogP contribution in [-0.2, 0) is 34.3 Å². The molecule has 1 aliphatic heterocycles. The van der Waals surface area contributed by atoms with E-state index in [0.29, 0.717) is 35.7 Å². The van der Waals surface area contributed by atoms with E-state index in [4.69, 9.17) is 17.3 Å². The van der Waals surface area contributed by atoms with Gasteiger partial charge in [-0.3, -0.25) is 14.6 Å². The molecule has 8 nitrogen and oxygen atoms in total. The summed E-state index contributed by atoms with van der Waals surface area (Å²) < 4.78 is 28.6. The highest BCUT2D eigenvalue weighted by Crippen LogP contribution is 2.28. The van der Waals surface area contributed by atoms with Crippen molar-refractivity contribution < 1.29 is 18.0 Å². The third-order valence-corrected chi connectivity index (χ3v) is 8.67. The first-order valence-electron chi connectivity index (χ1n) is 12.4. The average Bonchev–Trinajstić information content (AvgIpc) is 2.88. The first-order valence-corrected chi connectivity index (χ1v) is 14.3. The van der Waals surface area contributed by atoms with Crippen LogP contribution in [0.25, 0.3) is 0 Å². The van der Waals surface area contributed by atoms with Crippen LogP contribution in [0, 0.1) is 5.92 Å².